The van der Waals surface area contributed by atoms with Gasteiger partial charge in [-0.25, -0.2) is 0 Å². The molecule has 0 spiro atoms. The van der Waals surface area contributed by atoms with Crippen LogP contribution in [0.3, 0.4) is 0 Å². The Morgan fingerprint density at radius 3 is 2.65 bits per heavy atom. The van der Waals surface area contributed by atoms with Gasteiger partial charge in [0.2, 0.25) is 0 Å². The number of fused-ring (bicyclic) bond motifs is 1. The molecule has 20 heavy (non-hydrogen) atoms. The van der Waals surface area contributed by atoms with Crippen molar-refractivity contribution < 1.29 is 0 Å². The van der Waals surface area contributed by atoms with Crippen LogP contribution < -0.4 is 5.73 Å². The zero-order chi connectivity index (χ0) is 13.8. The monoisotopic (exact) mass is 272 g/mol. The summed E-state index contributed by atoms with van der Waals surface area (Å²) >= 11 is 0. The van der Waals surface area contributed by atoms with Crippen molar-refractivity contribution in [2.24, 2.45) is 11.7 Å². The van der Waals surface area contributed by atoms with E-state index in [9.17, 15) is 0 Å². The van der Waals surface area contributed by atoms with E-state index in [1.807, 2.05) is 0 Å². The first-order chi connectivity index (χ1) is 9.83. The highest BCUT2D eigenvalue weighted by atomic mass is 15.2. The fourth-order valence-electron chi connectivity index (χ4n) is 4.24. The van der Waals surface area contributed by atoms with Gasteiger partial charge in [0, 0.05) is 18.6 Å². The van der Waals surface area contributed by atoms with Crippen LogP contribution in [-0.4, -0.2) is 30.1 Å². The molecule has 1 unspecified atom stereocenters. The lowest BCUT2D eigenvalue weighted by Gasteiger charge is -2.45. The molecule has 1 aliphatic carbocycles. The molecule has 1 aliphatic heterocycles. The third kappa shape index (κ3) is 3.42. The lowest BCUT2D eigenvalue weighted by molar-refractivity contribution is 0.0562. The molecule has 0 amide bonds. The number of likely N-dealkylation sites (tertiary alicyclic amines) is 1. The van der Waals surface area contributed by atoms with Crippen molar-refractivity contribution >= 4 is 0 Å². The summed E-state index contributed by atoms with van der Waals surface area (Å²) in [6.07, 6.45) is 9.57. The molecule has 2 aliphatic rings. The normalized spacial score (nSPS) is 28.9. The van der Waals surface area contributed by atoms with E-state index < -0.39 is 0 Å². The molecule has 0 aromatic heterocycles. The van der Waals surface area contributed by atoms with Crippen molar-refractivity contribution in [1.29, 1.82) is 0 Å². The number of nitrogens with zero attached hydrogens (tertiary/aromatic N) is 1. The van der Waals surface area contributed by atoms with Crippen molar-refractivity contribution in [2.75, 3.05) is 13.1 Å². The molecule has 1 heterocycles. The van der Waals surface area contributed by atoms with E-state index in [2.05, 4.69) is 35.2 Å². The van der Waals surface area contributed by atoms with E-state index >= 15 is 0 Å². The SMILES string of the molecule is NC(Cc1ccccc1)CN1CCC[C@H]2CCCC[C@H]21. The van der Waals surface area contributed by atoms with E-state index in [1.54, 1.807) is 0 Å². The smallest absolute Gasteiger partial charge is 0.0208 e. The average molecular weight is 272 g/mol. The van der Waals surface area contributed by atoms with Gasteiger partial charge in [0.1, 0.15) is 0 Å². The molecule has 0 bridgehead atoms. The number of hydrogen-bond donors (Lipinski definition) is 1. The van der Waals surface area contributed by atoms with Gasteiger partial charge in [0.15, 0.2) is 0 Å². The third-order valence-electron chi connectivity index (χ3n) is 5.17. The molecule has 1 saturated heterocycles. The Bertz CT molecular complexity index is 401. The number of nitrogens with two attached hydrogens (primary N) is 1. The van der Waals surface area contributed by atoms with E-state index in [1.165, 1.54) is 50.6 Å². The van der Waals surface area contributed by atoms with E-state index in [-0.39, 0.29) is 6.04 Å². The maximum atomic E-state index is 6.42. The second kappa shape index (κ2) is 6.73. The van der Waals surface area contributed by atoms with Crippen LogP contribution in [0.4, 0.5) is 0 Å². The molecule has 3 rings (SSSR count). The molecule has 2 fully saturated rings. The molecular formula is C18H28N2. The Labute approximate surface area is 123 Å². The van der Waals surface area contributed by atoms with Crippen molar-refractivity contribution in [2.45, 2.75) is 57.0 Å². The third-order valence-corrected chi connectivity index (χ3v) is 5.17. The van der Waals surface area contributed by atoms with Gasteiger partial charge in [-0.3, -0.25) is 4.90 Å². The predicted octanol–water partition coefficient (Wildman–Crippen LogP) is 3.21. The summed E-state index contributed by atoms with van der Waals surface area (Å²) in [7, 11) is 0. The topological polar surface area (TPSA) is 29.3 Å². The van der Waals surface area contributed by atoms with Crippen LogP contribution in [0, 0.1) is 5.92 Å². The molecule has 1 saturated carbocycles. The summed E-state index contributed by atoms with van der Waals surface area (Å²) in [5.74, 6) is 0.960. The minimum absolute atomic E-state index is 0.276. The first kappa shape index (κ1) is 14.1. The molecule has 1 aromatic rings. The van der Waals surface area contributed by atoms with E-state index in [0.29, 0.717) is 0 Å². The van der Waals surface area contributed by atoms with Crippen LogP contribution in [0.1, 0.15) is 44.1 Å². The van der Waals surface area contributed by atoms with Crippen LogP contribution in [0.25, 0.3) is 0 Å². The lowest BCUT2D eigenvalue weighted by atomic mass is 9.78. The number of rotatable bonds is 4. The van der Waals surface area contributed by atoms with E-state index in [4.69, 9.17) is 5.73 Å². The average Bonchev–Trinajstić information content (AvgIpc) is 2.48. The molecular weight excluding hydrogens is 244 g/mol. The molecule has 1 aromatic carbocycles. The Hall–Kier alpha value is -0.860. The van der Waals surface area contributed by atoms with Gasteiger partial charge in [0.05, 0.1) is 0 Å². The summed E-state index contributed by atoms with van der Waals surface area (Å²) in [5, 5.41) is 0. The van der Waals surface area contributed by atoms with Gasteiger partial charge in [-0.15, -0.1) is 0 Å². The molecule has 2 heteroatoms. The van der Waals surface area contributed by atoms with Crippen molar-refractivity contribution in [3.05, 3.63) is 35.9 Å². The lowest BCUT2D eigenvalue weighted by Crippen LogP contribution is -2.51. The van der Waals surface area contributed by atoms with Crippen LogP contribution in [0.15, 0.2) is 30.3 Å². The van der Waals surface area contributed by atoms with Gasteiger partial charge in [-0.1, -0.05) is 43.2 Å². The van der Waals surface area contributed by atoms with Gasteiger partial charge in [0.25, 0.3) is 0 Å². The van der Waals surface area contributed by atoms with E-state index in [0.717, 1.165) is 24.9 Å². The zero-order valence-corrected chi connectivity index (χ0v) is 12.5. The van der Waals surface area contributed by atoms with Gasteiger partial charge < -0.3 is 5.73 Å². The fourth-order valence-corrected chi connectivity index (χ4v) is 4.24. The maximum absolute atomic E-state index is 6.42. The first-order valence-corrected chi connectivity index (χ1v) is 8.36. The second-order valence-electron chi connectivity index (χ2n) is 6.70. The van der Waals surface area contributed by atoms with Gasteiger partial charge in [-0.05, 0) is 50.1 Å². The summed E-state index contributed by atoms with van der Waals surface area (Å²) in [5.41, 5.74) is 7.79. The summed E-state index contributed by atoms with van der Waals surface area (Å²) < 4.78 is 0. The predicted molar refractivity (Wildman–Crippen MR) is 84.7 cm³/mol. The Kier molecular flexibility index (Phi) is 4.74. The second-order valence-corrected chi connectivity index (χ2v) is 6.70. The standard InChI is InChI=1S/C18H28N2/c19-17(13-15-7-2-1-3-8-15)14-20-12-6-10-16-9-4-5-11-18(16)20/h1-3,7-8,16-18H,4-6,9-14,19H2/t16-,17?,18-/m1/s1. The van der Waals surface area contributed by atoms with Gasteiger partial charge >= 0.3 is 0 Å². The maximum Gasteiger partial charge on any atom is 0.0208 e. The summed E-state index contributed by atoms with van der Waals surface area (Å²) in [6, 6.07) is 11.8. The quantitative estimate of drug-likeness (QED) is 0.912. The molecule has 110 valence electrons. The van der Waals surface area contributed by atoms with Crippen LogP contribution >= 0.6 is 0 Å². The highest BCUT2D eigenvalue weighted by molar-refractivity contribution is 5.15. The Balaban J connectivity index is 1.56. The highest BCUT2D eigenvalue weighted by Crippen LogP contribution is 2.35. The molecule has 2 N–H and O–H groups in total. The first-order valence-electron chi connectivity index (χ1n) is 8.36. The highest BCUT2D eigenvalue weighted by Gasteiger charge is 2.33. The summed E-state index contributed by atoms with van der Waals surface area (Å²) in [6.45, 7) is 2.35. The number of piperidine rings is 1. The minimum Gasteiger partial charge on any atom is -0.326 e. The van der Waals surface area contributed by atoms with Gasteiger partial charge in [-0.2, -0.15) is 0 Å². The minimum atomic E-state index is 0.276. The largest absolute Gasteiger partial charge is 0.326 e. The Morgan fingerprint density at radius 1 is 1.05 bits per heavy atom. The number of benzene rings is 1. The van der Waals surface area contributed by atoms with Crippen LogP contribution in [0.5, 0.6) is 0 Å². The molecule has 0 radical (unpaired) electrons. The van der Waals surface area contributed by atoms with Crippen molar-refractivity contribution in [3.8, 4) is 0 Å². The Morgan fingerprint density at radius 2 is 1.80 bits per heavy atom. The molecule has 2 nitrogen and oxygen atoms in total. The zero-order valence-electron chi connectivity index (χ0n) is 12.5. The molecule has 3 atom stereocenters. The van der Waals surface area contributed by atoms with Crippen LogP contribution in [-0.2, 0) is 6.42 Å². The number of hydrogen-bond acceptors (Lipinski definition) is 2. The van der Waals surface area contributed by atoms with Crippen LogP contribution in [0.2, 0.25) is 0 Å². The summed E-state index contributed by atoms with van der Waals surface area (Å²) in [4.78, 5) is 2.71. The van der Waals surface area contributed by atoms with Crippen molar-refractivity contribution in [1.82, 2.24) is 4.90 Å². The fraction of sp³-hybridized carbons (Fsp3) is 0.667. The van der Waals surface area contributed by atoms with Crippen molar-refractivity contribution in [3.63, 3.8) is 0 Å².